The van der Waals surface area contributed by atoms with Crippen molar-refractivity contribution in [1.29, 1.82) is 0 Å². The van der Waals surface area contributed by atoms with Crippen LogP contribution in [0.25, 0.3) is 10.8 Å². The summed E-state index contributed by atoms with van der Waals surface area (Å²) in [4.78, 5) is 0. The zero-order valence-electron chi connectivity index (χ0n) is 17.7. The van der Waals surface area contributed by atoms with Crippen molar-refractivity contribution in [2.45, 2.75) is 38.3 Å². The zero-order chi connectivity index (χ0) is 21.1. The fourth-order valence-corrected chi connectivity index (χ4v) is 4.44. The zero-order valence-corrected chi connectivity index (χ0v) is 17.7. The van der Waals surface area contributed by atoms with Crippen molar-refractivity contribution in [3.05, 3.63) is 119 Å². The van der Waals surface area contributed by atoms with Crippen molar-refractivity contribution in [3.63, 3.8) is 0 Å². The van der Waals surface area contributed by atoms with Gasteiger partial charge in [-0.05, 0) is 41.3 Å². The number of aliphatic hydroxyl groups is 1. The van der Waals surface area contributed by atoms with Crippen molar-refractivity contribution in [1.82, 2.24) is 0 Å². The molecule has 0 spiro atoms. The summed E-state index contributed by atoms with van der Waals surface area (Å²) in [6, 6.07) is 30.5. The first-order valence-corrected chi connectivity index (χ1v) is 10.5. The lowest BCUT2D eigenvalue weighted by Crippen LogP contribution is -2.45. The van der Waals surface area contributed by atoms with Gasteiger partial charge in [0.05, 0.1) is 11.6 Å². The third-order valence-electron chi connectivity index (χ3n) is 5.92. The van der Waals surface area contributed by atoms with E-state index in [0.29, 0.717) is 12.8 Å². The van der Waals surface area contributed by atoms with E-state index >= 15 is 0 Å². The Bertz CT molecular complexity index is 1110. The van der Waals surface area contributed by atoms with E-state index < -0.39 is 11.6 Å². The van der Waals surface area contributed by atoms with Crippen LogP contribution in [-0.2, 0) is 12.8 Å². The molecule has 0 bridgehead atoms. The predicted octanol–water partition coefficient (Wildman–Crippen LogP) is 5.67. The number of fused-ring (bicyclic) bond motifs is 1. The molecule has 0 aliphatic rings. The molecule has 0 aromatic heterocycles. The Balaban J connectivity index is 1.78. The molecule has 0 aliphatic carbocycles. The number of benzene rings is 4. The molecule has 0 aliphatic heterocycles. The Morgan fingerprint density at radius 3 is 1.87 bits per heavy atom. The highest BCUT2D eigenvalue weighted by Gasteiger charge is 2.36. The molecular formula is C28H29NO. The molecule has 4 aromatic rings. The molecule has 0 saturated carbocycles. The number of aryl methyl sites for hydroxylation is 2. The molecule has 0 saturated heterocycles. The summed E-state index contributed by atoms with van der Waals surface area (Å²) in [7, 11) is 0. The van der Waals surface area contributed by atoms with Crippen LogP contribution in [0.4, 0.5) is 0 Å². The highest BCUT2D eigenvalue weighted by atomic mass is 16.3. The van der Waals surface area contributed by atoms with E-state index in [1.54, 1.807) is 0 Å². The minimum Gasteiger partial charge on any atom is -0.387 e. The summed E-state index contributed by atoms with van der Waals surface area (Å²) in [6.07, 6.45) is 0.986. The van der Waals surface area contributed by atoms with Crippen LogP contribution in [-0.4, -0.2) is 10.7 Å². The van der Waals surface area contributed by atoms with Gasteiger partial charge in [0.25, 0.3) is 0 Å². The van der Waals surface area contributed by atoms with Crippen LogP contribution in [0.5, 0.6) is 0 Å². The molecule has 4 rings (SSSR count). The van der Waals surface area contributed by atoms with Crippen LogP contribution in [0.3, 0.4) is 0 Å². The van der Waals surface area contributed by atoms with Crippen LogP contribution >= 0.6 is 0 Å². The van der Waals surface area contributed by atoms with Gasteiger partial charge in [0.1, 0.15) is 0 Å². The van der Waals surface area contributed by atoms with Crippen molar-refractivity contribution < 1.29 is 5.11 Å². The molecule has 30 heavy (non-hydrogen) atoms. The van der Waals surface area contributed by atoms with Crippen LogP contribution in [0.15, 0.2) is 91.0 Å². The van der Waals surface area contributed by atoms with Crippen LogP contribution in [0.1, 0.15) is 33.9 Å². The molecule has 2 heteroatoms. The first kappa shape index (κ1) is 20.3. The van der Waals surface area contributed by atoms with Crippen LogP contribution in [0.2, 0.25) is 0 Å². The third-order valence-corrected chi connectivity index (χ3v) is 5.92. The quantitative estimate of drug-likeness (QED) is 0.442. The fourth-order valence-electron chi connectivity index (χ4n) is 4.44. The largest absolute Gasteiger partial charge is 0.387 e. The van der Waals surface area contributed by atoms with Gasteiger partial charge < -0.3 is 10.8 Å². The lowest BCUT2D eigenvalue weighted by Gasteiger charge is -2.35. The van der Waals surface area contributed by atoms with E-state index in [9.17, 15) is 5.11 Å². The Morgan fingerprint density at radius 1 is 0.733 bits per heavy atom. The van der Waals surface area contributed by atoms with E-state index in [2.05, 4.69) is 68.4 Å². The van der Waals surface area contributed by atoms with Gasteiger partial charge in [-0.15, -0.1) is 0 Å². The number of hydrogen-bond acceptors (Lipinski definition) is 2. The summed E-state index contributed by atoms with van der Waals surface area (Å²) in [5.41, 5.74) is 11.3. The second kappa shape index (κ2) is 8.43. The topological polar surface area (TPSA) is 46.2 Å². The summed E-state index contributed by atoms with van der Waals surface area (Å²) >= 11 is 0. The van der Waals surface area contributed by atoms with Gasteiger partial charge in [0.2, 0.25) is 0 Å². The molecule has 0 amide bonds. The first-order chi connectivity index (χ1) is 14.4. The van der Waals surface area contributed by atoms with Crippen molar-refractivity contribution >= 4 is 10.8 Å². The van der Waals surface area contributed by atoms with Crippen molar-refractivity contribution in [2.75, 3.05) is 0 Å². The lowest BCUT2D eigenvalue weighted by molar-refractivity contribution is 0.0140. The van der Waals surface area contributed by atoms with E-state index in [1.807, 2.05) is 36.4 Å². The minimum atomic E-state index is -1.12. The molecule has 152 valence electrons. The molecule has 1 atom stereocenters. The maximum Gasteiger partial charge on any atom is 0.0919 e. The average molecular weight is 396 g/mol. The molecule has 3 N–H and O–H groups in total. The van der Waals surface area contributed by atoms with E-state index in [4.69, 9.17) is 5.73 Å². The van der Waals surface area contributed by atoms with Gasteiger partial charge in [-0.3, -0.25) is 0 Å². The highest BCUT2D eigenvalue weighted by Crippen LogP contribution is 2.35. The SMILES string of the molecule is Cc1cccc(CC(O)(Cc2cccc(C)c2)[C@H](N)c2cccc3ccccc23)c1. The van der Waals surface area contributed by atoms with Crippen LogP contribution < -0.4 is 5.73 Å². The Morgan fingerprint density at radius 2 is 1.27 bits per heavy atom. The maximum atomic E-state index is 12.1. The molecule has 2 nitrogen and oxygen atoms in total. The molecule has 0 fully saturated rings. The average Bonchev–Trinajstić information content (AvgIpc) is 2.73. The molecule has 0 heterocycles. The van der Waals surface area contributed by atoms with Crippen LogP contribution in [0, 0.1) is 13.8 Å². The second-order valence-corrected chi connectivity index (χ2v) is 8.48. The van der Waals surface area contributed by atoms with Gasteiger partial charge in [-0.25, -0.2) is 0 Å². The van der Waals surface area contributed by atoms with Gasteiger partial charge in [-0.2, -0.15) is 0 Å². The van der Waals surface area contributed by atoms with Crippen molar-refractivity contribution in [3.8, 4) is 0 Å². The fraction of sp³-hybridized carbons (Fsp3) is 0.214. The molecule has 0 radical (unpaired) electrons. The Kier molecular flexibility index (Phi) is 5.72. The summed E-state index contributed by atoms with van der Waals surface area (Å²) in [6.45, 7) is 4.15. The predicted molar refractivity (Wildman–Crippen MR) is 126 cm³/mol. The van der Waals surface area contributed by atoms with Gasteiger partial charge in [0, 0.05) is 12.8 Å². The van der Waals surface area contributed by atoms with E-state index in [-0.39, 0.29) is 0 Å². The number of hydrogen-bond donors (Lipinski definition) is 2. The third kappa shape index (κ3) is 4.30. The van der Waals surface area contributed by atoms with E-state index in [1.165, 1.54) is 11.1 Å². The Hall–Kier alpha value is -2.94. The van der Waals surface area contributed by atoms with E-state index in [0.717, 1.165) is 27.5 Å². The highest BCUT2D eigenvalue weighted by molar-refractivity contribution is 5.86. The van der Waals surface area contributed by atoms with Crippen molar-refractivity contribution in [2.24, 2.45) is 5.73 Å². The summed E-state index contributed by atoms with van der Waals surface area (Å²) < 4.78 is 0. The molecule has 0 unspecified atom stereocenters. The molecular weight excluding hydrogens is 366 g/mol. The first-order valence-electron chi connectivity index (χ1n) is 10.5. The van der Waals surface area contributed by atoms with Gasteiger partial charge >= 0.3 is 0 Å². The second-order valence-electron chi connectivity index (χ2n) is 8.48. The molecule has 4 aromatic carbocycles. The van der Waals surface area contributed by atoms with Gasteiger partial charge in [-0.1, -0.05) is 102 Å². The Labute approximate surface area is 179 Å². The number of nitrogens with two attached hydrogens (primary N) is 1. The standard InChI is InChI=1S/C28H29NO/c1-20-8-5-10-22(16-20)18-28(30,19-23-11-6-9-21(2)17-23)27(29)26-15-7-13-24-12-3-4-14-25(24)26/h3-17,27,30H,18-19,29H2,1-2H3/t27-/m1/s1. The van der Waals surface area contributed by atoms with Gasteiger partial charge in [0.15, 0.2) is 0 Å². The monoisotopic (exact) mass is 395 g/mol. The normalized spacial score (nSPS) is 12.8. The lowest BCUT2D eigenvalue weighted by atomic mass is 9.78. The summed E-state index contributed by atoms with van der Waals surface area (Å²) in [5, 5.41) is 14.3. The summed E-state index contributed by atoms with van der Waals surface area (Å²) in [5.74, 6) is 0. The minimum absolute atomic E-state index is 0.493. The smallest absolute Gasteiger partial charge is 0.0919 e. The maximum absolute atomic E-state index is 12.1. The number of rotatable bonds is 6.